The van der Waals surface area contributed by atoms with Crippen molar-refractivity contribution in [2.45, 2.75) is 12.8 Å². The van der Waals surface area contributed by atoms with Gasteiger partial charge < -0.3 is 20.3 Å². The Morgan fingerprint density at radius 2 is 1.67 bits per heavy atom. The normalized spacial score (nSPS) is 15.1. The first-order valence-electron chi connectivity index (χ1n) is 10.7. The van der Waals surface area contributed by atoms with Gasteiger partial charge in [0, 0.05) is 58.7 Å². The fourth-order valence-corrected chi connectivity index (χ4v) is 3.34. The monoisotopic (exact) mass is 411 g/mol. The van der Waals surface area contributed by atoms with Crippen LogP contribution in [-0.2, 0) is 0 Å². The Morgan fingerprint density at radius 1 is 0.967 bits per heavy atom. The number of anilines is 1. The van der Waals surface area contributed by atoms with Gasteiger partial charge in [0.15, 0.2) is 5.96 Å². The van der Waals surface area contributed by atoms with Crippen LogP contribution in [0.4, 0.5) is 5.95 Å². The van der Waals surface area contributed by atoms with Gasteiger partial charge in [-0.25, -0.2) is 9.97 Å². The average Bonchev–Trinajstić information content (AvgIpc) is 2.82. The second kappa shape index (κ2) is 12.6. The van der Waals surface area contributed by atoms with E-state index in [1.807, 2.05) is 36.4 Å². The van der Waals surface area contributed by atoms with Gasteiger partial charge in [-0.1, -0.05) is 18.2 Å². The van der Waals surface area contributed by atoms with E-state index in [0.717, 1.165) is 76.3 Å². The molecule has 30 heavy (non-hydrogen) atoms. The Bertz CT molecular complexity index is 734. The highest BCUT2D eigenvalue weighted by molar-refractivity contribution is 5.79. The summed E-state index contributed by atoms with van der Waals surface area (Å²) in [6.07, 6.45) is 5.61. The van der Waals surface area contributed by atoms with Gasteiger partial charge >= 0.3 is 0 Å². The molecule has 0 bridgehead atoms. The van der Waals surface area contributed by atoms with E-state index in [1.165, 1.54) is 0 Å². The maximum atomic E-state index is 5.71. The van der Waals surface area contributed by atoms with Gasteiger partial charge in [-0.3, -0.25) is 9.89 Å². The zero-order valence-corrected chi connectivity index (χ0v) is 17.8. The Morgan fingerprint density at radius 3 is 2.37 bits per heavy atom. The molecule has 1 aliphatic rings. The van der Waals surface area contributed by atoms with Crippen molar-refractivity contribution >= 4 is 11.9 Å². The number of para-hydroxylation sites is 1. The van der Waals surface area contributed by atoms with Crippen LogP contribution in [0, 0.1) is 0 Å². The molecular weight excluding hydrogens is 378 g/mol. The SMILES string of the molecule is CN=C(NCCCOc1ccccc1)NCCCN1CCN(c2ncccn2)CC1. The number of aliphatic imine (C=N–C) groups is 1. The van der Waals surface area contributed by atoms with Crippen molar-refractivity contribution in [3.8, 4) is 5.75 Å². The van der Waals surface area contributed by atoms with Crippen LogP contribution in [-0.4, -0.2) is 80.3 Å². The molecule has 0 atom stereocenters. The lowest BCUT2D eigenvalue weighted by Crippen LogP contribution is -2.47. The first-order chi connectivity index (χ1) is 14.8. The minimum Gasteiger partial charge on any atom is -0.494 e. The van der Waals surface area contributed by atoms with E-state index < -0.39 is 0 Å². The number of nitrogens with zero attached hydrogens (tertiary/aromatic N) is 5. The lowest BCUT2D eigenvalue weighted by Gasteiger charge is -2.34. The topological polar surface area (TPSA) is 77.9 Å². The van der Waals surface area contributed by atoms with E-state index in [4.69, 9.17) is 4.74 Å². The molecule has 2 N–H and O–H groups in total. The van der Waals surface area contributed by atoms with Crippen molar-refractivity contribution in [2.24, 2.45) is 4.99 Å². The molecule has 8 nitrogen and oxygen atoms in total. The van der Waals surface area contributed by atoms with Crippen molar-refractivity contribution in [3.05, 3.63) is 48.8 Å². The Kier molecular flexibility index (Phi) is 9.20. The van der Waals surface area contributed by atoms with Crippen LogP contribution in [0.25, 0.3) is 0 Å². The van der Waals surface area contributed by atoms with Gasteiger partial charge in [0.2, 0.25) is 5.95 Å². The van der Waals surface area contributed by atoms with Gasteiger partial charge in [0.25, 0.3) is 0 Å². The van der Waals surface area contributed by atoms with Crippen LogP contribution in [0.5, 0.6) is 5.75 Å². The third-order valence-corrected chi connectivity index (χ3v) is 5.00. The summed E-state index contributed by atoms with van der Waals surface area (Å²) in [5.74, 6) is 2.60. The number of hydrogen-bond acceptors (Lipinski definition) is 6. The predicted molar refractivity (Wildman–Crippen MR) is 121 cm³/mol. The summed E-state index contributed by atoms with van der Waals surface area (Å²) in [6, 6.07) is 11.8. The molecule has 2 heterocycles. The van der Waals surface area contributed by atoms with E-state index in [-0.39, 0.29) is 0 Å². The van der Waals surface area contributed by atoms with Gasteiger partial charge in [-0.05, 0) is 37.6 Å². The molecular formula is C22H33N7O. The molecule has 162 valence electrons. The van der Waals surface area contributed by atoms with Crippen molar-refractivity contribution in [1.82, 2.24) is 25.5 Å². The molecule has 3 rings (SSSR count). The number of guanidine groups is 1. The number of hydrogen-bond donors (Lipinski definition) is 2. The van der Waals surface area contributed by atoms with Crippen molar-refractivity contribution in [3.63, 3.8) is 0 Å². The first-order valence-corrected chi connectivity index (χ1v) is 10.7. The highest BCUT2D eigenvalue weighted by Gasteiger charge is 2.18. The molecule has 0 aliphatic carbocycles. The molecule has 1 aromatic heterocycles. The van der Waals surface area contributed by atoms with Crippen LogP contribution >= 0.6 is 0 Å². The molecule has 8 heteroatoms. The second-order valence-corrected chi connectivity index (χ2v) is 7.17. The summed E-state index contributed by atoms with van der Waals surface area (Å²) in [6.45, 7) is 7.56. The van der Waals surface area contributed by atoms with E-state index in [1.54, 1.807) is 19.4 Å². The molecule has 0 radical (unpaired) electrons. The lowest BCUT2D eigenvalue weighted by molar-refractivity contribution is 0.254. The number of aromatic nitrogens is 2. The molecule has 1 fully saturated rings. The second-order valence-electron chi connectivity index (χ2n) is 7.17. The fraction of sp³-hybridized carbons (Fsp3) is 0.500. The van der Waals surface area contributed by atoms with Crippen LogP contribution in [0.15, 0.2) is 53.8 Å². The fourth-order valence-electron chi connectivity index (χ4n) is 3.34. The standard InChI is InChI=1S/C22H33N7O/c1-23-21(25-13-7-19-30-20-8-3-2-4-9-20)24-12-6-14-28-15-17-29(18-16-28)22-26-10-5-11-27-22/h2-5,8-11H,6-7,12-19H2,1H3,(H2,23,24,25). The minimum atomic E-state index is 0.688. The van der Waals surface area contributed by atoms with Crippen molar-refractivity contribution in [2.75, 3.05) is 64.4 Å². The maximum absolute atomic E-state index is 5.71. The summed E-state index contributed by atoms with van der Waals surface area (Å²) < 4.78 is 5.71. The summed E-state index contributed by atoms with van der Waals surface area (Å²) in [5, 5.41) is 6.74. The number of piperazine rings is 1. The highest BCUT2D eigenvalue weighted by Crippen LogP contribution is 2.10. The van der Waals surface area contributed by atoms with Crippen LogP contribution < -0.4 is 20.3 Å². The van der Waals surface area contributed by atoms with Crippen LogP contribution in [0.3, 0.4) is 0 Å². The maximum Gasteiger partial charge on any atom is 0.225 e. The number of nitrogens with one attached hydrogen (secondary N) is 2. The molecule has 1 saturated heterocycles. The predicted octanol–water partition coefficient (Wildman–Crippen LogP) is 1.62. The Hall–Kier alpha value is -2.87. The van der Waals surface area contributed by atoms with E-state index in [0.29, 0.717) is 6.61 Å². The number of ether oxygens (including phenoxy) is 1. The third-order valence-electron chi connectivity index (χ3n) is 5.00. The first kappa shape index (κ1) is 21.8. The highest BCUT2D eigenvalue weighted by atomic mass is 16.5. The van der Waals surface area contributed by atoms with Crippen LogP contribution in [0.1, 0.15) is 12.8 Å². The number of benzene rings is 1. The molecule has 0 amide bonds. The van der Waals surface area contributed by atoms with E-state index in [2.05, 4.69) is 35.4 Å². The summed E-state index contributed by atoms with van der Waals surface area (Å²) in [7, 11) is 1.81. The molecule has 1 aliphatic heterocycles. The summed E-state index contributed by atoms with van der Waals surface area (Å²) >= 11 is 0. The van der Waals surface area contributed by atoms with Gasteiger partial charge in [0.1, 0.15) is 5.75 Å². The van der Waals surface area contributed by atoms with E-state index >= 15 is 0 Å². The number of rotatable bonds is 10. The molecule has 2 aromatic rings. The minimum absolute atomic E-state index is 0.688. The third kappa shape index (κ3) is 7.51. The van der Waals surface area contributed by atoms with Gasteiger partial charge in [-0.15, -0.1) is 0 Å². The molecule has 0 unspecified atom stereocenters. The summed E-state index contributed by atoms with van der Waals surface area (Å²) in [4.78, 5) is 17.7. The Labute approximate surface area is 179 Å². The Balaban J connectivity index is 1.21. The largest absolute Gasteiger partial charge is 0.494 e. The smallest absolute Gasteiger partial charge is 0.225 e. The molecule has 1 aromatic carbocycles. The average molecular weight is 412 g/mol. The van der Waals surface area contributed by atoms with Crippen molar-refractivity contribution < 1.29 is 4.74 Å². The zero-order chi connectivity index (χ0) is 20.9. The lowest BCUT2D eigenvalue weighted by atomic mass is 10.3. The van der Waals surface area contributed by atoms with Gasteiger partial charge in [-0.2, -0.15) is 0 Å². The summed E-state index contributed by atoms with van der Waals surface area (Å²) in [5.41, 5.74) is 0. The molecule has 0 saturated carbocycles. The quantitative estimate of drug-likeness (QED) is 0.349. The zero-order valence-electron chi connectivity index (χ0n) is 17.8. The van der Waals surface area contributed by atoms with Crippen molar-refractivity contribution in [1.29, 1.82) is 0 Å². The molecule has 0 spiro atoms. The van der Waals surface area contributed by atoms with E-state index in [9.17, 15) is 0 Å². The van der Waals surface area contributed by atoms with Gasteiger partial charge in [0.05, 0.1) is 6.61 Å². The van der Waals surface area contributed by atoms with Crippen LogP contribution in [0.2, 0.25) is 0 Å².